The molecule has 2 aliphatic rings. The first-order chi connectivity index (χ1) is 19.0. The first-order valence-corrected chi connectivity index (χ1v) is 15.1. The van der Waals surface area contributed by atoms with Crippen LogP contribution in [0.3, 0.4) is 0 Å². The summed E-state index contributed by atoms with van der Waals surface area (Å²) in [5.74, 6) is -4.76. The Bertz CT molecular complexity index is 1850. The highest BCUT2D eigenvalue weighted by molar-refractivity contribution is 7.23. The number of hydrogen-bond acceptors (Lipinski definition) is 6. The largest absolute Gasteiger partial charge is 0.309 e. The summed E-state index contributed by atoms with van der Waals surface area (Å²) in [6.07, 6.45) is 2.45. The molecule has 0 aliphatic carbocycles. The molecule has 0 fully saturated rings. The summed E-state index contributed by atoms with van der Waals surface area (Å²) in [7, 11) is 3.22. The fraction of sp³-hybridized carbons (Fsp3) is 0.143. The van der Waals surface area contributed by atoms with Gasteiger partial charge in [-0.15, -0.1) is 45.3 Å². The van der Waals surface area contributed by atoms with Crippen molar-refractivity contribution in [3.8, 4) is 9.75 Å². The highest BCUT2D eigenvalue weighted by Crippen LogP contribution is 2.49. The summed E-state index contributed by atoms with van der Waals surface area (Å²) in [4.78, 5) is 32.5. The third kappa shape index (κ3) is 3.96. The van der Waals surface area contributed by atoms with Crippen molar-refractivity contribution in [3.63, 3.8) is 0 Å². The molecule has 0 saturated heterocycles. The smallest absolute Gasteiger partial charge is 0.261 e. The number of hydrogen-bond donors (Lipinski definition) is 0. The van der Waals surface area contributed by atoms with Crippen LogP contribution in [0, 0.1) is 37.1 Å². The average Bonchev–Trinajstić information content (AvgIpc) is 3.75. The molecule has 4 aromatic rings. The molecule has 204 valence electrons. The Morgan fingerprint density at radius 3 is 1.65 bits per heavy atom. The van der Waals surface area contributed by atoms with Gasteiger partial charge in [0.2, 0.25) is 0 Å². The van der Waals surface area contributed by atoms with Gasteiger partial charge in [-0.05, 0) is 50.3 Å². The lowest BCUT2D eigenvalue weighted by atomic mass is 10.1. The number of thiophene rings is 4. The molecule has 0 bridgehead atoms. The number of aryl methyl sites for hydroxylation is 2. The van der Waals surface area contributed by atoms with Gasteiger partial charge < -0.3 is 9.80 Å². The zero-order chi connectivity index (χ0) is 28.6. The predicted octanol–water partition coefficient (Wildman–Crippen LogP) is 8.01. The third-order valence-corrected chi connectivity index (χ3v) is 11.1. The lowest BCUT2D eigenvalue weighted by Gasteiger charge is -2.18. The molecular formula is C28H18F4N2O2S4. The number of fused-ring (bicyclic) bond motifs is 1. The van der Waals surface area contributed by atoms with Crippen LogP contribution in [-0.4, -0.2) is 35.7 Å². The van der Waals surface area contributed by atoms with Crippen LogP contribution in [-0.2, 0) is 9.59 Å². The van der Waals surface area contributed by atoms with Gasteiger partial charge in [-0.1, -0.05) is 0 Å². The Balaban J connectivity index is 1.39. The first-order valence-electron chi connectivity index (χ1n) is 11.8. The van der Waals surface area contributed by atoms with Gasteiger partial charge in [-0.2, -0.15) is 0 Å². The lowest BCUT2D eigenvalue weighted by Crippen LogP contribution is -2.24. The Kier molecular flexibility index (Phi) is 6.49. The zero-order valence-corrected chi connectivity index (χ0v) is 24.6. The molecule has 2 aliphatic heterocycles. The van der Waals surface area contributed by atoms with Crippen molar-refractivity contribution < 1.29 is 27.2 Å². The van der Waals surface area contributed by atoms with Crippen LogP contribution >= 0.6 is 45.3 Å². The third-order valence-electron chi connectivity index (χ3n) is 6.66. The van der Waals surface area contributed by atoms with Gasteiger partial charge in [0.25, 0.3) is 11.8 Å². The number of halogens is 4. The van der Waals surface area contributed by atoms with E-state index in [1.165, 1.54) is 40.2 Å². The van der Waals surface area contributed by atoms with E-state index in [9.17, 15) is 22.8 Å². The van der Waals surface area contributed by atoms with Gasteiger partial charge >= 0.3 is 0 Å². The van der Waals surface area contributed by atoms with Crippen molar-refractivity contribution in [1.29, 1.82) is 0 Å². The molecule has 6 rings (SSSR count). The number of nitrogens with zero attached hydrogens (tertiary/aromatic N) is 2. The molecule has 40 heavy (non-hydrogen) atoms. The topological polar surface area (TPSA) is 40.6 Å². The van der Waals surface area contributed by atoms with Crippen molar-refractivity contribution in [2.75, 3.05) is 14.1 Å². The van der Waals surface area contributed by atoms with Crippen molar-refractivity contribution in [2.24, 2.45) is 0 Å². The molecule has 12 heteroatoms. The molecule has 6 heterocycles. The highest BCUT2D eigenvalue weighted by Gasteiger charge is 2.47. The summed E-state index contributed by atoms with van der Waals surface area (Å²) in [6.45, 7) is 3.38. The van der Waals surface area contributed by atoms with E-state index in [4.69, 9.17) is 0 Å². The van der Waals surface area contributed by atoms with Crippen molar-refractivity contribution >= 4 is 80.7 Å². The molecule has 0 aromatic carbocycles. The van der Waals surface area contributed by atoms with Crippen LogP contribution in [0.2, 0.25) is 0 Å². The van der Waals surface area contributed by atoms with Gasteiger partial charge in [0, 0.05) is 28.7 Å². The minimum absolute atomic E-state index is 0.0160. The van der Waals surface area contributed by atoms with Crippen LogP contribution in [0.5, 0.6) is 0 Å². The molecule has 4 nitrogen and oxygen atoms in total. The Morgan fingerprint density at radius 2 is 1.12 bits per heavy atom. The van der Waals surface area contributed by atoms with E-state index in [1.807, 2.05) is 19.1 Å². The Labute approximate surface area is 242 Å². The fourth-order valence-corrected chi connectivity index (χ4v) is 8.64. The van der Waals surface area contributed by atoms with Crippen molar-refractivity contribution in [3.05, 3.63) is 87.9 Å². The number of rotatable bonds is 5. The standard InChI is InChI=1S/C28H18F4N2O2S4/c1-11-5-6-15(37-11)24-18-19(28(36)33(24)3)25(34(4)27(18)35)16-9-10-17(39-16)26-23(32)22(31)14(40-26)8-7-13-21(30)20(29)12(2)38-13/h5-10H,1-4H3/b8-7+. The second-order valence-corrected chi connectivity index (χ2v) is 13.8. The lowest BCUT2D eigenvalue weighted by molar-refractivity contribution is -0.123. The van der Waals surface area contributed by atoms with Crippen LogP contribution in [0.15, 0.2) is 35.4 Å². The number of carbonyl (C=O) groups excluding carboxylic acids is 2. The summed E-state index contributed by atoms with van der Waals surface area (Å²) in [6, 6.07) is 7.10. The first kappa shape index (κ1) is 26.9. The second kappa shape index (κ2) is 9.65. The molecule has 0 atom stereocenters. The van der Waals surface area contributed by atoms with Crippen LogP contribution in [0.4, 0.5) is 17.6 Å². The Hall–Kier alpha value is -3.32. The van der Waals surface area contributed by atoms with Gasteiger partial charge in [-0.3, -0.25) is 9.59 Å². The Morgan fingerprint density at radius 1 is 0.625 bits per heavy atom. The number of likely N-dealkylation sites (N-methyl/N-ethyl adjacent to an activating group) is 2. The summed E-state index contributed by atoms with van der Waals surface area (Å²) in [5, 5.41) is 0. The second-order valence-electron chi connectivity index (χ2n) is 9.16. The maximum absolute atomic E-state index is 15.0. The SMILES string of the molecule is Cc1ccc(C2=C3C(=O)N(C)C(c4ccc(-c5sc(/C=C/c6sc(C)c(F)c6F)c(F)c5F)s4)=C3C(=O)N2C)s1. The normalized spacial score (nSPS) is 15.7. The molecule has 0 N–H and O–H groups in total. The van der Waals surface area contributed by atoms with Crippen molar-refractivity contribution in [1.82, 2.24) is 9.80 Å². The van der Waals surface area contributed by atoms with E-state index in [0.29, 0.717) is 26.7 Å². The summed E-state index contributed by atoms with van der Waals surface area (Å²) in [5.41, 5.74) is 1.59. The summed E-state index contributed by atoms with van der Waals surface area (Å²) < 4.78 is 57.5. The average molecular weight is 619 g/mol. The van der Waals surface area contributed by atoms with E-state index in [2.05, 4.69) is 0 Å². The minimum atomic E-state index is -1.09. The van der Waals surface area contributed by atoms with Crippen LogP contribution in [0.25, 0.3) is 33.3 Å². The maximum atomic E-state index is 15.0. The maximum Gasteiger partial charge on any atom is 0.261 e. The van der Waals surface area contributed by atoms with E-state index < -0.39 is 23.3 Å². The van der Waals surface area contributed by atoms with Gasteiger partial charge in [-0.25, -0.2) is 17.6 Å². The predicted molar refractivity (Wildman–Crippen MR) is 154 cm³/mol. The molecule has 4 aromatic heterocycles. The number of carbonyl (C=O) groups is 2. The molecule has 0 radical (unpaired) electrons. The van der Waals surface area contributed by atoms with Crippen LogP contribution in [0.1, 0.15) is 29.3 Å². The van der Waals surface area contributed by atoms with Gasteiger partial charge in [0.1, 0.15) is 0 Å². The number of amides is 2. The molecule has 0 unspecified atom stereocenters. The van der Waals surface area contributed by atoms with Crippen LogP contribution < -0.4 is 0 Å². The monoisotopic (exact) mass is 618 g/mol. The van der Waals surface area contributed by atoms with Gasteiger partial charge in [0.05, 0.1) is 46.9 Å². The molecule has 0 saturated carbocycles. The van der Waals surface area contributed by atoms with Crippen molar-refractivity contribution in [2.45, 2.75) is 13.8 Å². The summed E-state index contributed by atoms with van der Waals surface area (Å²) >= 11 is 4.34. The zero-order valence-electron chi connectivity index (χ0n) is 21.3. The van der Waals surface area contributed by atoms with E-state index >= 15 is 4.39 Å². The fourth-order valence-electron chi connectivity index (χ4n) is 4.70. The van der Waals surface area contributed by atoms with E-state index in [0.717, 1.165) is 43.8 Å². The minimum Gasteiger partial charge on any atom is -0.309 e. The molecule has 0 spiro atoms. The quantitative estimate of drug-likeness (QED) is 0.213. The highest BCUT2D eigenvalue weighted by atomic mass is 32.1. The van der Waals surface area contributed by atoms with E-state index in [-0.39, 0.29) is 36.9 Å². The van der Waals surface area contributed by atoms with Gasteiger partial charge in [0.15, 0.2) is 23.3 Å². The molecule has 2 amide bonds. The molecular weight excluding hydrogens is 601 g/mol. The van der Waals surface area contributed by atoms with E-state index in [1.54, 1.807) is 26.2 Å².